The monoisotopic (exact) mass is 366 g/mol. The summed E-state index contributed by atoms with van der Waals surface area (Å²) in [7, 11) is 0. The highest BCUT2D eigenvalue weighted by molar-refractivity contribution is 8.03. The zero-order chi connectivity index (χ0) is 18.5. The van der Waals surface area contributed by atoms with Crippen LogP contribution in [0.15, 0.2) is 65.2 Å². The Hall–Kier alpha value is -2.91. The van der Waals surface area contributed by atoms with Gasteiger partial charge in [0.25, 0.3) is 0 Å². The normalized spacial score (nSPS) is 16.8. The van der Waals surface area contributed by atoms with Crippen molar-refractivity contribution in [2.75, 3.05) is 5.75 Å². The predicted molar refractivity (Wildman–Crippen MR) is 97.8 cm³/mol. The SMILES string of the molecule is N#CC1=C(SCC(=O)c2ccccc2)NC(=O)CC1c1ccccc1F. The van der Waals surface area contributed by atoms with E-state index in [0.717, 1.165) is 11.8 Å². The number of amides is 1. The van der Waals surface area contributed by atoms with Crippen LogP contribution >= 0.6 is 11.8 Å². The van der Waals surface area contributed by atoms with Gasteiger partial charge in [-0.1, -0.05) is 60.3 Å². The first kappa shape index (κ1) is 17.9. The number of allylic oxidation sites excluding steroid dienone is 1. The van der Waals surface area contributed by atoms with Crippen molar-refractivity contribution >= 4 is 23.5 Å². The molecule has 0 bridgehead atoms. The zero-order valence-electron chi connectivity index (χ0n) is 13.7. The number of halogens is 1. The molecule has 0 fully saturated rings. The molecule has 1 amide bonds. The van der Waals surface area contributed by atoms with E-state index in [0.29, 0.717) is 16.2 Å². The number of thioether (sulfide) groups is 1. The number of Topliss-reactive ketones (excluding diaryl/α,β-unsaturated/α-hetero) is 1. The van der Waals surface area contributed by atoms with Crippen molar-refractivity contribution in [3.05, 3.63) is 82.1 Å². The fourth-order valence-corrected chi connectivity index (χ4v) is 3.77. The molecule has 1 heterocycles. The van der Waals surface area contributed by atoms with E-state index < -0.39 is 11.7 Å². The van der Waals surface area contributed by atoms with Crippen LogP contribution in [0.25, 0.3) is 0 Å². The number of carbonyl (C=O) groups is 2. The number of ketones is 1. The zero-order valence-corrected chi connectivity index (χ0v) is 14.6. The molecule has 0 aliphatic carbocycles. The lowest BCUT2D eigenvalue weighted by Gasteiger charge is -2.25. The third-order valence-electron chi connectivity index (χ3n) is 4.08. The molecule has 3 rings (SSSR count). The minimum absolute atomic E-state index is 0.000514. The first-order chi connectivity index (χ1) is 12.6. The van der Waals surface area contributed by atoms with E-state index in [1.54, 1.807) is 42.5 Å². The Labute approximate surface area is 154 Å². The second kappa shape index (κ2) is 7.98. The van der Waals surface area contributed by atoms with Crippen LogP contribution in [-0.4, -0.2) is 17.4 Å². The molecule has 1 N–H and O–H groups in total. The van der Waals surface area contributed by atoms with Gasteiger partial charge in [-0.25, -0.2) is 4.39 Å². The van der Waals surface area contributed by atoms with Crippen molar-refractivity contribution in [3.8, 4) is 6.07 Å². The quantitative estimate of drug-likeness (QED) is 0.818. The van der Waals surface area contributed by atoms with Gasteiger partial charge in [-0.05, 0) is 11.6 Å². The first-order valence-electron chi connectivity index (χ1n) is 7.99. The molecule has 130 valence electrons. The summed E-state index contributed by atoms with van der Waals surface area (Å²) >= 11 is 1.09. The van der Waals surface area contributed by atoms with Gasteiger partial charge < -0.3 is 5.32 Å². The summed E-state index contributed by atoms with van der Waals surface area (Å²) in [6, 6.07) is 17.0. The summed E-state index contributed by atoms with van der Waals surface area (Å²) in [6.45, 7) is 0. The maximum Gasteiger partial charge on any atom is 0.225 e. The van der Waals surface area contributed by atoms with Gasteiger partial charge in [-0.2, -0.15) is 5.26 Å². The summed E-state index contributed by atoms with van der Waals surface area (Å²) in [6.07, 6.45) is 0.000514. The molecule has 6 heteroatoms. The summed E-state index contributed by atoms with van der Waals surface area (Å²) in [5.41, 5.74) is 1.15. The number of carbonyl (C=O) groups excluding carboxylic acids is 2. The van der Waals surface area contributed by atoms with Crippen molar-refractivity contribution in [2.24, 2.45) is 0 Å². The van der Waals surface area contributed by atoms with Gasteiger partial charge in [0.05, 0.1) is 22.4 Å². The number of nitrogens with zero attached hydrogens (tertiary/aromatic N) is 1. The smallest absolute Gasteiger partial charge is 0.225 e. The minimum atomic E-state index is -0.649. The van der Waals surface area contributed by atoms with Gasteiger partial charge in [0.15, 0.2) is 5.78 Å². The molecule has 26 heavy (non-hydrogen) atoms. The van der Waals surface area contributed by atoms with Crippen molar-refractivity contribution in [1.29, 1.82) is 5.26 Å². The first-order valence-corrected chi connectivity index (χ1v) is 8.98. The van der Waals surface area contributed by atoms with Crippen molar-refractivity contribution < 1.29 is 14.0 Å². The largest absolute Gasteiger partial charge is 0.320 e. The van der Waals surface area contributed by atoms with E-state index in [2.05, 4.69) is 11.4 Å². The molecule has 0 aromatic heterocycles. The molecule has 0 saturated carbocycles. The lowest BCUT2D eigenvalue weighted by Crippen LogP contribution is -2.31. The molecule has 1 unspecified atom stereocenters. The van der Waals surface area contributed by atoms with E-state index in [1.165, 1.54) is 6.07 Å². The number of rotatable bonds is 5. The average molecular weight is 366 g/mol. The third kappa shape index (κ3) is 3.84. The van der Waals surface area contributed by atoms with Crippen LogP contribution in [0.2, 0.25) is 0 Å². The maximum atomic E-state index is 14.1. The van der Waals surface area contributed by atoms with E-state index in [1.807, 2.05) is 6.07 Å². The molecular weight excluding hydrogens is 351 g/mol. The maximum absolute atomic E-state index is 14.1. The van der Waals surface area contributed by atoms with Crippen LogP contribution < -0.4 is 5.32 Å². The highest BCUT2D eigenvalue weighted by Crippen LogP contribution is 2.37. The fourth-order valence-electron chi connectivity index (χ4n) is 2.80. The van der Waals surface area contributed by atoms with Gasteiger partial charge in [0.1, 0.15) is 5.82 Å². The Morgan fingerprint density at radius 2 is 1.88 bits per heavy atom. The minimum Gasteiger partial charge on any atom is -0.320 e. The van der Waals surface area contributed by atoms with Crippen LogP contribution in [0.3, 0.4) is 0 Å². The Morgan fingerprint density at radius 3 is 2.58 bits per heavy atom. The summed E-state index contributed by atoms with van der Waals surface area (Å²) in [4.78, 5) is 24.3. The van der Waals surface area contributed by atoms with Gasteiger partial charge in [-0.3, -0.25) is 9.59 Å². The second-order valence-electron chi connectivity index (χ2n) is 5.76. The summed E-state index contributed by atoms with van der Waals surface area (Å²) in [5.74, 6) is -1.43. The molecule has 1 aliphatic rings. The topological polar surface area (TPSA) is 70.0 Å². The Morgan fingerprint density at radius 1 is 1.19 bits per heavy atom. The number of nitriles is 1. The lowest BCUT2D eigenvalue weighted by atomic mass is 9.87. The fraction of sp³-hybridized carbons (Fsp3) is 0.150. The number of hydrogen-bond acceptors (Lipinski definition) is 4. The molecule has 0 radical (unpaired) electrons. The van der Waals surface area contributed by atoms with Crippen LogP contribution in [0.4, 0.5) is 4.39 Å². The average Bonchev–Trinajstić information content (AvgIpc) is 2.66. The number of nitrogens with one attached hydrogen (secondary N) is 1. The second-order valence-corrected chi connectivity index (χ2v) is 6.74. The molecule has 1 atom stereocenters. The lowest BCUT2D eigenvalue weighted by molar-refractivity contribution is -0.120. The van der Waals surface area contributed by atoms with E-state index >= 15 is 0 Å². The molecular formula is C20H15FN2O2S. The van der Waals surface area contributed by atoms with E-state index in [4.69, 9.17) is 0 Å². The van der Waals surface area contributed by atoms with Crippen LogP contribution in [-0.2, 0) is 4.79 Å². The van der Waals surface area contributed by atoms with E-state index in [-0.39, 0.29) is 29.4 Å². The van der Waals surface area contributed by atoms with Gasteiger partial charge in [-0.15, -0.1) is 0 Å². The van der Waals surface area contributed by atoms with Crippen LogP contribution in [0.5, 0.6) is 0 Å². The van der Waals surface area contributed by atoms with Crippen molar-refractivity contribution in [1.82, 2.24) is 5.32 Å². The summed E-state index contributed by atoms with van der Waals surface area (Å²) in [5, 5.41) is 12.5. The van der Waals surface area contributed by atoms with Crippen LogP contribution in [0.1, 0.15) is 28.3 Å². The van der Waals surface area contributed by atoms with Gasteiger partial charge >= 0.3 is 0 Å². The number of benzene rings is 2. The number of hydrogen-bond donors (Lipinski definition) is 1. The summed E-state index contributed by atoms with van der Waals surface area (Å²) < 4.78 is 14.1. The molecule has 2 aromatic rings. The van der Waals surface area contributed by atoms with Gasteiger partial charge in [0.2, 0.25) is 5.91 Å². The highest BCUT2D eigenvalue weighted by atomic mass is 32.2. The Kier molecular flexibility index (Phi) is 5.49. The van der Waals surface area contributed by atoms with Crippen molar-refractivity contribution in [2.45, 2.75) is 12.3 Å². The van der Waals surface area contributed by atoms with Crippen LogP contribution in [0, 0.1) is 17.1 Å². The molecule has 1 aliphatic heterocycles. The Balaban J connectivity index is 1.86. The molecule has 2 aromatic carbocycles. The standard InChI is InChI=1S/C20H15FN2O2S/c21-17-9-5-4-8-14(17)15-10-19(25)23-20(16(15)11-22)26-12-18(24)13-6-2-1-3-7-13/h1-9,15H,10,12H2,(H,23,25). The van der Waals surface area contributed by atoms with Gasteiger partial charge in [0, 0.05) is 17.9 Å². The molecule has 4 nitrogen and oxygen atoms in total. The third-order valence-corrected chi connectivity index (χ3v) is 5.10. The highest BCUT2D eigenvalue weighted by Gasteiger charge is 2.31. The molecule has 0 spiro atoms. The van der Waals surface area contributed by atoms with E-state index in [9.17, 15) is 19.2 Å². The molecule has 0 saturated heterocycles. The predicted octanol–water partition coefficient (Wildman–Crippen LogP) is 3.78. The van der Waals surface area contributed by atoms with Crippen molar-refractivity contribution in [3.63, 3.8) is 0 Å². The Bertz CT molecular complexity index is 919.